The van der Waals surface area contributed by atoms with Crippen LogP contribution >= 0.6 is 11.6 Å². The highest BCUT2D eigenvalue weighted by molar-refractivity contribution is 6.30. The molecule has 0 aliphatic heterocycles. The summed E-state index contributed by atoms with van der Waals surface area (Å²) in [4.78, 5) is 0. The Morgan fingerprint density at radius 1 is 1.11 bits per heavy atom. The van der Waals surface area contributed by atoms with Gasteiger partial charge in [-0.3, -0.25) is 4.68 Å². The Bertz CT molecular complexity index is 476. The van der Waals surface area contributed by atoms with Crippen molar-refractivity contribution in [2.24, 2.45) is 7.05 Å². The quantitative estimate of drug-likeness (QED) is 0.812. The van der Waals surface area contributed by atoms with Crippen molar-refractivity contribution in [2.45, 2.75) is 12.8 Å². The fourth-order valence-corrected chi connectivity index (χ4v) is 1.97. The van der Waals surface area contributed by atoms with Crippen LogP contribution in [0.25, 0.3) is 0 Å². The highest BCUT2D eigenvalue weighted by Crippen LogP contribution is 2.09. The predicted molar refractivity (Wildman–Crippen MR) is 74.9 cm³/mol. The van der Waals surface area contributed by atoms with E-state index in [0.717, 1.165) is 31.0 Å². The molecule has 2 rings (SSSR count). The first-order chi connectivity index (χ1) is 8.74. The maximum absolute atomic E-state index is 5.84. The van der Waals surface area contributed by atoms with Gasteiger partial charge in [0, 0.05) is 18.3 Å². The van der Waals surface area contributed by atoms with Gasteiger partial charge in [0.1, 0.15) is 0 Å². The van der Waals surface area contributed by atoms with E-state index in [-0.39, 0.29) is 0 Å². The molecule has 0 amide bonds. The Labute approximate surface area is 113 Å². The molecule has 0 unspecified atom stereocenters. The first-order valence-electron chi connectivity index (χ1n) is 6.17. The largest absolute Gasteiger partial charge is 0.316 e. The molecule has 0 bridgehead atoms. The number of nitrogens with zero attached hydrogens (tertiary/aromatic N) is 2. The summed E-state index contributed by atoms with van der Waals surface area (Å²) in [6, 6.07) is 8.02. The lowest BCUT2D eigenvalue weighted by Crippen LogP contribution is -2.20. The van der Waals surface area contributed by atoms with Gasteiger partial charge in [0.25, 0.3) is 0 Å². The lowest BCUT2D eigenvalue weighted by atomic mass is 10.1. The van der Waals surface area contributed by atoms with Crippen molar-refractivity contribution in [2.75, 3.05) is 13.1 Å². The minimum Gasteiger partial charge on any atom is -0.316 e. The average molecular weight is 264 g/mol. The van der Waals surface area contributed by atoms with Gasteiger partial charge in [-0.05, 0) is 49.2 Å². The summed E-state index contributed by atoms with van der Waals surface area (Å²) in [5.74, 6) is 0. The molecule has 0 fully saturated rings. The van der Waals surface area contributed by atoms with Crippen molar-refractivity contribution in [3.05, 3.63) is 52.8 Å². The van der Waals surface area contributed by atoms with Crippen LogP contribution in [-0.4, -0.2) is 22.9 Å². The van der Waals surface area contributed by atoms with Crippen LogP contribution in [0.5, 0.6) is 0 Å². The Morgan fingerprint density at radius 2 is 1.78 bits per heavy atom. The van der Waals surface area contributed by atoms with Gasteiger partial charge in [0.2, 0.25) is 0 Å². The molecule has 1 N–H and O–H groups in total. The van der Waals surface area contributed by atoms with Crippen LogP contribution in [0.3, 0.4) is 0 Å². The number of rotatable bonds is 6. The van der Waals surface area contributed by atoms with E-state index in [4.69, 9.17) is 11.6 Å². The van der Waals surface area contributed by atoms with E-state index < -0.39 is 0 Å². The first-order valence-corrected chi connectivity index (χ1v) is 6.54. The molecule has 0 saturated heterocycles. The summed E-state index contributed by atoms with van der Waals surface area (Å²) in [7, 11) is 1.94. The number of benzene rings is 1. The summed E-state index contributed by atoms with van der Waals surface area (Å²) in [6.45, 7) is 1.97. The van der Waals surface area contributed by atoms with Gasteiger partial charge in [-0.2, -0.15) is 5.10 Å². The minimum absolute atomic E-state index is 0.795. The van der Waals surface area contributed by atoms with Crippen molar-refractivity contribution < 1.29 is 0 Å². The van der Waals surface area contributed by atoms with Gasteiger partial charge in [0.15, 0.2) is 0 Å². The van der Waals surface area contributed by atoms with Gasteiger partial charge < -0.3 is 5.32 Å². The van der Waals surface area contributed by atoms with Crippen LogP contribution in [-0.2, 0) is 19.9 Å². The topological polar surface area (TPSA) is 29.9 Å². The second kappa shape index (κ2) is 6.57. The lowest BCUT2D eigenvalue weighted by molar-refractivity contribution is 0.681. The zero-order valence-corrected chi connectivity index (χ0v) is 11.3. The number of hydrogen-bond donors (Lipinski definition) is 1. The van der Waals surface area contributed by atoms with Crippen molar-refractivity contribution >= 4 is 11.6 Å². The SMILES string of the molecule is Cn1cc(CCNCCc2ccc(Cl)cc2)cn1. The zero-order valence-electron chi connectivity index (χ0n) is 10.6. The van der Waals surface area contributed by atoms with Crippen molar-refractivity contribution in [1.82, 2.24) is 15.1 Å². The minimum atomic E-state index is 0.795. The monoisotopic (exact) mass is 263 g/mol. The Morgan fingerprint density at radius 3 is 2.39 bits per heavy atom. The van der Waals surface area contributed by atoms with Gasteiger partial charge in [-0.25, -0.2) is 0 Å². The van der Waals surface area contributed by atoms with Crippen molar-refractivity contribution in [1.29, 1.82) is 0 Å². The van der Waals surface area contributed by atoms with E-state index in [9.17, 15) is 0 Å². The van der Waals surface area contributed by atoms with Crippen LogP contribution in [0.4, 0.5) is 0 Å². The number of hydrogen-bond acceptors (Lipinski definition) is 2. The Hall–Kier alpha value is -1.32. The third kappa shape index (κ3) is 4.17. The molecule has 0 atom stereocenters. The maximum Gasteiger partial charge on any atom is 0.0522 e. The summed E-state index contributed by atoms with van der Waals surface area (Å²) in [5.41, 5.74) is 2.59. The van der Waals surface area contributed by atoms with E-state index >= 15 is 0 Å². The van der Waals surface area contributed by atoms with E-state index in [2.05, 4.69) is 28.7 Å². The van der Waals surface area contributed by atoms with Crippen LogP contribution in [0, 0.1) is 0 Å². The van der Waals surface area contributed by atoms with Gasteiger partial charge >= 0.3 is 0 Å². The van der Waals surface area contributed by atoms with E-state index in [1.54, 1.807) is 0 Å². The normalized spacial score (nSPS) is 10.8. The highest BCUT2D eigenvalue weighted by Gasteiger charge is 1.96. The van der Waals surface area contributed by atoms with Crippen molar-refractivity contribution in [3.63, 3.8) is 0 Å². The zero-order chi connectivity index (χ0) is 12.8. The predicted octanol–water partition coefficient (Wildman–Crippen LogP) is 2.45. The highest BCUT2D eigenvalue weighted by atomic mass is 35.5. The molecule has 0 radical (unpaired) electrons. The summed E-state index contributed by atoms with van der Waals surface area (Å²) in [5, 5.41) is 8.38. The van der Waals surface area contributed by atoms with Gasteiger partial charge in [0.05, 0.1) is 6.20 Å². The molecule has 1 aromatic heterocycles. The molecule has 0 aliphatic rings. The molecular formula is C14H18ClN3. The molecule has 96 valence electrons. The van der Waals surface area contributed by atoms with Gasteiger partial charge in [-0.15, -0.1) is 0 Å². The molecular weight excluding hydrogens is 246 g/mol. The summed E-state index contributed by atoms with van der Waals surface area (Å²) >= 11 is 5.84. The number of nitrogens with one attached hydrogen (secondary N) is 1. The molecule has 1 aromatic carbocycles. The second-order valence-electron chi connectivity index (χ2n) is 4.40. The molecule has 2 aromatic rings. The van der Waals surface area contributed by atoms with Gasteiger partial charge in [-0.1, -0.05) is 23.7 Å². The number of halogens is 1. The Balaban J connectivity index is 1.63. The molecule has 4 heteroatoms. The van der Waals surface area contributed by atoms with Crippen LogP contribution < -0.4 is 5.32 Å². The summed E-state index contributed by atoms with van der Waals surface area (Å²) < 4.78 is 1.84. The molecule has 18 heavy (non-hydrogen) atoms. The molecule has 0 spiro atoms. The standard InChI is InChI=1S/C14H18ClN3/c1-18-11-13(10-17-18)7-9-16-8-6-12-2-4-14(15)5-3-12/h2-5,10-11,16H,6-9H2,1H3. The van der Waals surface area contributed by atoms with Crippen molar-refractivity contribution in [3.8, 4) is 0 Å². The second-order valence-corrected chi connectivity index (χ2v) is 4.84. The van der Waals surface area contributed by atoms with Crippen LogP contribution in [0.2, 0.25) is 5.02 Å². The fourth-order valence-electron chi connectivity index (χ4n) is 1.84. The van der Waals surface area contributed by atoms with Crippen LogP contribution in [0.1, 0.15) is 11.1 Å². The Kier molecular flexibility index (Phi) is 4.79. The molecule has 0 saturated carbocycles. The van der Waals surface area contributed by atoms with E-state index in [1.165, 1.54) is 11.1 Å². The van der Waals surface area contributed by atoms with E-state index in [0.29, 0.717) is 0 Å². The lowest BCUT2D eigenvalue weighted by Gasteiger charge is -2.04. The van der Waals surface area contributed by atoms with Crippen LogP contribution in [0.15, 0.2) is 36.7 Å². The fraction of sp³-hybridized carbons (Fsp3) is 0.357. The third-order valence-corrected chi connectivity index (χ3v) is 3.10. The molecule has 1 heterocycles. The molecule has 0 aliphatic carbocycles. The third-order valence-electron chi connectivity index (χ3n) is 2.85. The van der Waals surface area contributed by atoms with E-state index in [1.807, 2.05) is 30.1 Å². The summed E-state index contributed by atoms with van der Waals surface area (Å²) in [6.07, 6.45) is 6.03. The smallest absolute Gasteiger partial charge is 0.0522 e. The molecule has 3 nitrogen and oxygen atoms in total. The maximum atomic E-state index is 5.84. The average Bonchev–Trinajstić information content (AvgIpc) is 2.77. The number of aryl methyl sites for hydroxylation is 1. The number of aromatic nitrogens is 2. The first kappa shape index (κ1) is 13.1.